The molecule has 0 spiro atoms. The lowest BCUT2D eigenvalue weighted by atomic mass is 10.1. The van der Waals surface area contributed by atoms with Gasteiger partial charge in [-0.25, -0.2) is 24.7 Å². The zero-order valence-corrected chi connectivity index (χ0v) is 32.7. The molecule has 312 valence electrons. The van der Waals surface area contributed by atoms with Crippen molar-refractivity contribution in [3.05, 3.63) is 127 Å². The molecule has 6 aromatic rings. The first-order valence-corrected chi connectivity index (χ1v) is 17.6. The number of nitrogens with zero attached hydrogens (tertiary/aromatic N) is 4. The van der Waals surface area contributed by atoms with E-state index in [4.69, 9.17) is 27.8 Å². The first-order chi connectivity index (χ1) is 26.6. The van der Waals surface area contributed by atoms with Crippen LogP contribution < -0.4 is 32.7 Å². The van der Waals surface area contributed by atoms with E-state index in [1.54, 1.807) is 42.7 Å². The molecule has 2 heterocycles. The average molecular weight is 827 g/mol. The Hall–Kier alpha value is -7.13. The fraction of sp³-hybridized carbons (Fsp3) is 0.186. The van der Waals surface area contributed by atoms with Gasteiger partial charge in [-0.2, -0.15) is 0 Å². The summed E-state index contributed by atoms with van der Waals surface area (Å²) in [5.74, 6) is 0.311. The second-order valence-electron chi connectivity index (χ2n) is 13.0. The van der Waals surface area contributed by atoms with E-state index in [-0.39, 0.29) is 36.7 Å². The zero-order valence-electron chi connectivity index (χ0n) is 31.9. The van der Waals surface area contributed by atoms with Gasteiger partial charge in [-0.05, 0) is 117 Å². The molecular formula is C43H52ClFN10O4. The Kier molecular flexibility index (Phi) is 20.1. The molecule has 6 rings (SSSR count). The normalized spacial score (nSPS) is 9.80. The van der Waals surface area contributed by atoms with Gasteiger partial charge >= 0.3 is 6.09 Å². The Labute approximate surface area is 349 Å². The molecule has 3 amide bonds. The van der Waals surface area contributed by atoms with Crippen molar-refractivity contribution in [2.24, 2.45) is 0 Å². The van der Waals surface area contributed by atoms with Crippen LogP contribution in [0.3, 0.4) is 0 Å². The molecule has 0 saturated carbocycles. The molecule has 59 heavy (non-hydrogen) atoms. The highest BCUT2D eigenvalue weighted by molar-refractivity contribution is 6.28. The van der Waals surface area contributed by atoms with Gasteiger partial charge in [0.2, 0.25) is 23.0 Å². The maximum atomic E-state index is 11.3. The molecule has 8 N–H and O–H groups in total. The van der Waals surface area contributed by atoms with E-state index in [2.05, 4.69) is 41.2 Å². The van der Waals surface area contributed by atoms with Gasteiger partial charge in [-0.15, -0.1) is 0 Å². The number of aromatic nitrogens is 4. The zero-order chi connectivity index (χ0) is 40.7. The molecule has 14 nitrogen and oxygen atoms in total. The lowest BCUT2D eigenvalue weighted by Crippen LogP contribution is -2.27. The SMILES string of the molecule is C.C.CC(=O)Nc1ccc(-c2ccnc(Cl)n2)cc1.CC(=O)Nc1ccc(-c2ccnc(Nc3ccc(N)cc3)n2)cc1.CC(C)(C)OC(=O)Nc1ccc(N)cc1.F. The Bertz CT molecular complexity index is 2220. The second kappa shape index (κ2) is 23.8. The van der Waals surface area contributed by atoms with Crippen molar-refractivity contribution < 1.29 is 23.8 Å². The molecule has 0 bridgehead atoms. The standard InChI is InChI=1S/C18H17N5O.C12H10ClN3O.C11H16N2O2.2CH4.FH/c1-12(24)21-15-6-2-13(3-7-15)17-10-11-20-18(23-17)22-16-8-4-14(19)5-9-16;1-8(17)15-10-4-2-9(3-5-10)11-6-7-14-12(13)16-11;1-11(2,3)15-10(14)13-9-6-4-8(12)5-7-9;;;/h2-11H,19H2,1H3,(H,21,24)(H,20,22,23);2-7H,1H3,(H,15,17);4-7H,12H2,1-3H3,(H,13,14);2*1H4;1H. The van der Waals surface area contributed by atoms with Crippen LogP contribution in [0.4, 0.5) is 49.6 Å². The number of hydrogen-bond acceptors (Lipinski definition) is 11. The quantitative estimate of drug-likeness (QED) is 0.0658. The Balaban J connectivity index is 0.000000446. The fourth-order valence-electron chi connectivity index (χ4n) is 4.61. The van der Waals surface area contributed by atoms with Crippen LogP contribution in [-0.2, 0) is 14.3 Å². The number of hydrogen-bond donors (Lipinski definition) is 6. The summed E-state index contributed by atoms with van der Waals surface area (Å²) in [5, 5.41) is 11.4. The largest absolute Gasteiger partial charge is 0.444 e. The van der Waals surface area contributed by atoms with Crippen LogP contribution in [-0.4, -0.2) is 43.4 Å². The first-order valence-electron chi connectivity index (χ1n) is 17.2. The summed E-state index contributed by atoms with van der Waals surface area (Å²) in [7, 11) is 0. The van der Waals surface area contributed by atoms with Gasteiger partial charge in [0.05, 0.1) is 11.4 Å². The number of nitrogens with two attached hydrogens (primary N) is 2. The third-order valence-corrected chi connectivity index (χ3v) is 7.19. The lowest BCUT2D eigenvalue weighted by molar-refractivity contribution is -0.115. The summed E-state index contributed by atoms with van der Waals surface area (Å²) >= 11 is 5.72. The summed E-state index contributed by atoms with van der Waals surface area (Å²) in [6.07, 6.45) is 2.84. The molecule has 0 saturated heterocycles. The number of rotatable bonds is 7. The van der Waals surface area contributed by atoms with E-state index >= 15 is 0 Å². The minimum atomic E-state index is -0.488. The summed E-state index contributed by atoms with van der Waals surface area (Å²) in [5.41, 5.74) is 18.5. The number of anilines is 7. The summed E-state index contributed by atoms with van der Waals surface area (Å²) in [4.78, 5) is 49.9. The van der Waals surface area contributed by atoms with Crippen molar-refractivity contribution in [3.8, 4) is 22.5 Å². The van der Waals surface area contributed by atoms with Crippen molar-refractivity contribution in [2.75, 3.05) is 32.7 Å². The minimum Gasteiger partial charge on any atom is -0.444 e. The van der Waals surface area contributed by atoms with E-state index in [9.17, 15) is 14.4 Å². The first kappa shape index (κ1) is 49.9. The van der Waals surface area contributed by atoms with E-state index in [0.29, 0.717) is 23.0 Å². The predicted molar refractivity (Wildman–Crippen MR) is 239 cm³/mol. The van der Waals surface area contributed by atoms with Crippen molar-refractivity contribution in [3.63, 3.8) is 0 Å². The Morgan fingerprint density at radius 3 is 1.39 bits per heavy atom. The van der Waals surface area contributed by atoms with Crippen LogP contribution in [0.5, 0.6) is 0 Å². The van der Waals surface area contributed by atoms with Crippen molar-refractivity contribution in [2.45, 2.75) is 55.1 Å². The molecular weight excluding hydrogens is 775 g/mol. The van der Waals surface area contributed by atoms with Gasteiger partial charge in [-0.3, -0.25) is 19.6 Å². The highest BCUT2D eigenvalue weighted by Crippen LogP contribution is 2.23. The highest BCUT2D eigenvalue weighted by Gasteiger charge is 2.16. The molecule has 0 atom stereocenters. The molecule has 4 aromatic carbocycles. The van der Waals surface area contributed by atoms with E-state index in [0.717, 1.165) is 39.6 Å². The van der Waals surface area contributed by atoms with Crippen LogP contribution in [0.25, 0.3) is 22.5 Å². The molecule has 16 heteroatoms. The molecule has 0 radical (unpaired) electrons. The van der Waals surface area contributed by atoms with Crippen molar-refractivity contribution >= 4 is 69.6 Å². The van der Waals surface area contributed by atoms with Gasteiger partial charge in [0.1, 0.15) is 5.60 Å². The van der Waals surface area contributed by atoms with Gasteiger partial charge < -0.3 is 32.2 Å². The number of benzene rings is 4. The molecule has 0 aliphatic carbocycles. The molecule has 0 unspecified atom stereocenters. The van der Waals surface area contributed by atoms with Gasteiger partial charge in [0.25, 0.3) is 0 Å². The number of carbonyl (C=O) groups excluding carboxylic acids is 3. The number of nitrogen functional groups attached to an aromatic ring is 2. The third kappa shape index (κ3) is 18.1. The summed E-state index contributed by atoms with van der Waals surface area (Å²) < 4.78 is 5.09. The molecule has 2 aromatic heterocycles. The minimum absolute atomic E-state index is 0. The number of amides is 3. The van der Waals surface area contributed by atoms with Gasteiger partial charge in [0, 0.05) is 71.5 Å². The van der Waals surface area contributed by atoms with Gasteiger partial charge in [0.15, 0.2) is 0 Å². The predicted octanol–water partition coefficient (Wildman–Crippen LogP) is 10.2. The molecule has 0 aliphatic heterocycles. The topological polar surface area (TPSA) is 212 Å². The molecule has 0 fully saturated rings. The number of nitrogens with one attached hydrogen (secondary N) is 4. The van der Waals surface area contributed by atoms with Crippen LogP contribution in [0.1, 0.15) is 49.5 Å². The molecule has 0 aliphatic rings. The fourth-order valence-corrected chi connectivity index (χ4v) is 4.76. The maximum absolute atomic E-state index is 11.3. The number of carbonyl (C=O) groups is 3. The second-order valence-corrected chi connectivity index (χ2v) is 13.3. The lowest BCUT2D eigenvalue weighted by Gasteiger charge is -2.19. The third-order valence-electron chi connectivity index (χ3n) is 7.01. The average Bonchev–Trinajstić information content (AvgIpc) is 3.14. The number of halogens is 2. The van der Waals surface area contributed by atoms with Crippen LogP contribution in [0, 0.1) is 0 Å². The monoisotopic (exact) mass is 826 g/mol. The highest BCUT2D eigenvalue weighted by atomic mass is 35.5. The maximum Gasteiger partial charge on any atom is 0.412 e. The van der Waals surface area contributed by atoms with Crippen LogP contribution in [0.15, 0.2) is 122 Å². The van der Waals surface area contributed by atoms with E-state index in [1.807, 2.05) is 99.6 Å². The van der Waals surface area contributed by atoms with E-state index < -0.39 is 11.7 Å². The van der Waals surface area contributed by atoms with Gasteiger partial charge in [-0.1, -0.05) is 39.1 Å². The Morgan fingerprint density at radius 1 is 0.576 bits per heavy atom. The summed E-state index contributed by atoms with van der Waals surface area (Å²) in [6.45, 7) is 8.40. The van der Waals surface area contributed by atoms with Crippen LogP contribution >= 0.6 is 11.6 Å². The summed E-state index contributed by atoms with van der Waals surface area (Å²) in [6, 6.07) is 32.7. The van der Waals surface area contributed by atoms with E-state index in [1.165, 1.54) is 13.8 Å². The Morgan fingerprint density at radius 2 is 0.966 bits per heavy atom. The van der Waals surface area contributed by atoms with Crippen molar-refractivity contribution in [1.82, 2.24) is 19.9 Å². The van der Waals surface area contributed by atoms with Crippen molar-refractivity contribution in [1.29, 1.82) is 0 Å². The number of ether oxygens (including phenoxy) is 1. The smallest absolute Gasteiger partial charge is 0.412 e. The van der Waals surface area contributed by atoms with Crippen LogP contribution in [0.2, 0.25) is 5.28 Å².